The van der Waals surface area contributed by atoms with Crippen molar-refractivity contribution < 1.29 is 4.79 Å². The Morgan fingerprint density at radius 2 is 1.76 bits per heavy atom. The number of rotatable bonds is 5. The van der Waals surface area contributed by atoms with E-state index >= 15 is 0 Å². The largest absolute Gasteiger partial charge is 0.325 e. The lowest BCUT2D eigenvalue weighted by atomic mass is 10.2. The average Bonchev–Trinajstić information content (AvgIpc) is 2.44. The van der Waals surface area contributed by atoms with Gasteiger partial charge in [0.2, 0.25) is 5.91 Å². The summed E-state index contributed by atoms with van der Waals surface area (Å²) >= 11 is 9.22. The Bertz CT molecular complexity index is 599. The fourth-order valence-corrected chi connectivity index (χ4v) is 2.33. The van der Waals surface area contributed by atoms with Crippen molar-refractivity contribution in [2.24, 2.45) is 0 Å². The quantitative estimate of drug-likeness (QED) is 0.860. The van der Waals surface area contributed by atoms with Gasteiger partial charge < -0.3 is 5.32 Å². The fourth-order valence-electron chi connectivity index (χ4n) is 1.94. The smallest absolute Gasteiger partial charge is 0.238 e. The average molecular weight is 368 g/mol. The lowest BCUT2D eigenvalue weighted by Gasteiger charge is -2.16. The number of anilines is 1. The van der Waals surface area contributed by atoms with Crippen LogP contribution in [0.1, 0.15) is 5.56 Å². The van der Waals surface area contributed by atoms with Gasteiger partial charge in [-0.1, -0.05) is 39.7 Å². The number of carbonyl (C=O) groups is 1. The Morgan fingerprint density at radius 3 is 2.38 bits per heavy atom. The molecule has 0 atom stereocenters. The van der Waals surface area contributed by atoms with Crippen LogP contribution < -0.4 is 5.32 Å². The summed E-state index contributed by atoms with van der Waals surface area (Å²) in [7, 11) is 1.92. The zero-order valence-electron chi connectivity index (χ0n) is 11.6. The maximum Gasteiger partial charge on any atom is 0.238 e. The maximum absolute atomic E-state index is 12.0. The summed E-state index contributed by atoms with van der Waals surface area (Å²) in [6.07, 6.45) is 0. The Morgan fingerprint density at radius 1 is 1.14 bits per heavy atom. The van der Waals surface area contributed by atoms with Crippen molar-refractivity contribution in [1.82, 2.24) is 4.90 Å². The molecular formula is C16H16BrClN2O. The molecule has 0 fully saturated rings. The molecule has 1 N–H and O–H groups in total. The molecule has 2 aromatic rings. The van der Waals surface area contributed by atoms with E-state index in [9.17, 15) is 4.79 Å². The van der Waals surface area contributed by atoms with Crippen LogP contribution in [0, 0.1) is 0 Å². The van der Waals surface area contributed by atoms with Crippen molar-refractivity contribution in [2.75, 3.05) is 18.9 Å². The number of halogens is 2. The highest BCUT2D eigenvalue weighted by atomic mass is 79.9. The van der Waals surface area contributed by atoms with Gasteiger partial charge in [-0.2, -0.15) is 0 Å². The first-order chi connectivity index (χ1) is 10.0. The normalized spacial score (nSPS) is 10.7. The number of hydrogen-bond donors (Lipinski definition) is 1. The third kappa shape index (κ3) is 5.50. The van der Waals surface area contributed by atoms with Gasteiger partial charge in [0.25, 0.3) is 0 Å². The Hall–Kier alpha value is -1.36. The van der Waals surface area contributed by atoms with Crippen LogP contribution in [0.5, 0.6) is 0 Å². The van der Waals surface area contributed by atoms with E-state index in [-0.39, 0.29) is 5.91 Å². The molecule has 0 saturated heterocycles. The molecule has 0 radical (unpaired) electrons. The Kier molecular flexibility index (Phi) is 5.79. The number of nitrogens with zero attached hydrogens (tertiary/aromatic N) is 1. The molecule has 0 spiro atoms. The van der Waals surface area contributed by atoms with E-state index in [0.717, 1.165) is 16.7 Å². The van der Waals surface area contributed by atoms with Crippen LogP contribution in [0.25, 0.3) is 0 Å². The first-order valence-corrected chi connectivity index (χ1v) is 7.68. The standard InChI is InChI=1S/C16H16BrClN2O/c1-20(10-12-2-4-13(17)5-3-12)11-16(21)19-15-8-6-14(18)7-9-15/h2-9H,10-11H2,1H3,(H,19,21). The molecule has 2 rings (SSSR count). The van der Waals surface area contributed by atoms with Crippen LogP contribution in [0.2, 0.25) is 5.02 Å². The van der Waals surface area contributed by atoms with E-state index in [0.29, 0.717) is 11.6 Å². The van der Waals surface area contributed by atoms with Crippen molar-refractivity contribution in [3.63, 3.8) is 0 Å². The molecular weight excluding hydrogens is 352 g/mol. The van der Waals surface area contributed by atoms with Gasteiger partial charge in [0.15, 0.2) is 0 Å². The molecule has 2 aromatic carbocycles. The molecule has 0 unspecified atom stereocenters. The number of benzene rings is 2. The van der Waals surface area contributed by atoms with Gasteiger partial charge in [-0.25, -0.2) is 0 Å². The highest BCUT2D eigenvalue weighted by Crippen LogP contribution is 2.14. The van der Waals surface area contributed by atoms with Gasteiger partial charge in [0, 0.05) is 21.7 Å². The predicted molar refractivity (Wildman–Crippen MR) is 90.6 cm³/mol. The highest BCUT2D eigenvalue weighted by Gasteiger charge is 2.07. The van der Waals surface area contributed by atoms with Crippen molar-refractivity contribution in [3.05, 3.63) is 63.6 Å². The lowest BCUT2D eigenvalue weighted by molar-refractivity contribution is -0.117. The van der Waals surface area contributed by atoms with Crippen molar-refractivity contribution >= 4 is 39.1 Å². The minimum Gasteiger partial charge on any atom is -0.325 e. The van der Waals surface area contributed by atoms with E-state index in [4.69, 9.17) is 11.6 Å². The topological polar surface area (TPSA) is 32.3 Å². The molecule has 0 aliphatic rings. The van der Waals surface area contributed by atoms with Crippen LogP contribution in [-0.2, 0) is 11.3 Å². The van der Waals surface area contributed by atoms with E-state index in [1.165, 1.54) is 5.56 Å². The zero-order chi connectivity index (χ0) is 15.2. The molecule has 5 heteroatoms. The Balaban J connectivity index is 1.84. The SMILES string of the molecule is CN(CC(=O)Nc1ccc(Cl)cc1)Cc1ccc(Br)cc1. The Labute approximate surface area is 138 Å². The summed E-state index contributed by atoms with van der Waals surface area (Å²) in [4.78, 5) is 13.9. The second kappa shape index (κ2) is 7.59. The molecule has 0 aliphatic heterocycles. The lowest BCUT2D eigenvalue weighted by Crippen LogP contribution is -2.29. The second-order valence-corrected chi connectivity index (χ2v) is 6.21. The van der Waals surface area contributed by atoms with Gasteiger partial charge in [-0.3, -0.25) is 9.69 Å². The van der Waals surface area contributed by atoms with Crippen LogP contribution >= 0.6 is 27.5 Å². The monoisotopic (exact) mass is 366 g/mol. The number of nitrogens with one attached hydrogen (secondary N) is 1. The van der Waals surface area contributed by atoms with Gasteiger partial charge in [-0.05, 0) is 49.0 Å². The highest BCUT2D eigenvalue weighted by molar-refractivity contribution is 9.10. The molecule has 0 heterocycles. The predicted octanol–water partition coefficient (Wildman–Crippen LogP) is 4.17. The molecule has 0 aliphatic carbocycles. The fraction of sp³-hybridized carbons (Fsp3) is 0.188. The molecule has 0 bridgehead atoms. The number of hydrogen-bond acceptors (Lipinski definition) is 2. The third-order valence-corrected chi connectivity index (χ3v) is 3.69. The summed E-state index contributed by atoms with van der Waals surface area (Å²) in [5, 5.41) is 3.50. The zero-order valence-corrected chi connectivity index (χ0v) is 14.0. The molecule has 1 amide bonds. The molecule has 0 aromatic heterocycles. The number of amides is 1. The number of likely N-dealkylation sites (N-methyl/N-ethyl adjacent to an activating group) is 1. The summed E-state index contributed by atoms with van der Waals surface area (Å²) in [5.41, 5.74) is 1.92. The van der Waals surface area contributed by atoms with Crippen molar-refractivity contribution in [1.29, 1.82) is 0 Å². The minimum absolute atomic E-state index is 0.0445. The van der Waals surface area contributed by atoms with Crippen molar-refractivity contribution in [2.45, 2.75) is 6.54 Å². The first-order valence-electron chi connectivity index (χ1n) is 6.51. The van der Waals surface area contributed by atoms with Crippen molar-refractivity contribution in [3.8, 4) is 0 Å². The molecule has 110 valence electrons. The first kappa shape index (κ1) is 16.0. The molecule has 0 saturated carbocycles. The molecule has 3 nitrogen and oxygen atoms in total. The summed E-state index contributed by atoms with van der Waals surface area (Å²) in [6, 6.07) is 15.2. The van der Waals surface area contributed by atoms with E-state index in [1.54, 1.807) is 24.3 Å². The number of carbonyl (C=O) groups excluding carboxylic acids is 1. The van der Waals surface area contributed by atoms with E-state index < -0.39 is 0 Å². The third-order valence-electron chi connectivity index (χ3n) is 2.91. The van der Waals surface area contributed by atoms with Crippen LogP contribution in [-0.4, -0.2) is 24.4 Å². The van der Waals surface area contributed by atoms with Gasteiger partial charge in [0.05, 0.1) is 6.54 Å². The summed E-state index contributed by atoms with van der Waals surface area (Å²) in [5.74, 6) is -0.0445. The van der Waals surface area contributed by atoms with Gasteiger partial charge in [0.1, 0.15) is 0 Å². The van der Waals surface area contributed by atoms with Crippen LogP contribution in [0.3, 0.4) is 0 Å². The second-order valence-electron chi connectivity index (χ2n) is 4.85. The maximum atomic E-state index is 12.0. The van der Waals surface area contributed by atoms with E-state index in [2.05, 4.69) is 21.2 Å². The van der Waals surface area contributed by atoms with Gasteiger partial charge in [-0.15, -0.1) is 0 Å². The van der Waals surface area contributed by atoms with E-state index in [1.807, 2.05) is 36.2 Å². The summed E-state index contributed by atoms with van der Waals surface area (Å²) < 4.78 is 1.05. The summed E-state index contributed by atoms with van der Waals surface area (Å²) in [6.45, 7) is 1.06. The van der Waals surface area contributed by atoms with Crippen LogP contribution in [0.4, 0.5) is 5.69 Å². The minimum atomic E-state index is -0.0445. The van der Waals surface area contributed by atoms with Crippen LogP contribution in [0.15, 0.2) is 53.0 Å². The van der Waals surface area contributed by atoms with Gasteiger partial charge >= 0.3 is 0 Å². The molecule has 21 heavy (non-hydrogen) atoms.